The molecule has 14 heavy (non-hydrogen) atoms. The Morgan fingerprint density at radius 2 is 2.07 bits per heavy atom. The largest absolute Gasteiger partial charge is 0.480 e. The zero-order valence-electron chi connectivity index (χ0n) is 9.04. The predicted molar refractivity (Wildman–Crippen MR) is 58.9 cm³/mol. The second kappa shape index (κ2) is 4.99. The SMILES string of the molecule is CC(C)(C)C[C@H]1CCN[C@@H]1C(=O)O.Cl. The van der Waals surface area contributed by atoms with Gasteiger partial charge in [0.2, 0.25) is 0 Å². The highest BCUT2D eigenvalue weighted by Gasteiger charge is 2.34. The van der Waals surface area contributed by atoms with Crippen molar-refractivity contribution in [2.75, 3.05) is 6.54 Å². The lowest BCUT2D eigenvalue weighted by atomic mass is 9.81. The Kier molecular flexibility index (Phi) is 4.89. The van der Waals surface area contributed by atoms with E-state index < -0.39 is 5.97 Å². The lowest BCUT2D eigenvalue weighted by molar-refractivity contribution is -0.140. The van der Waals surface area contributed by atoms with E-state index in [0.717, 1.165) is 19.4 Å². The van der Waals surface area contributed by atoms with Crippen LogP contribution in [0, 0.1) is 11.3 Å². The van der Waals surface area contributed by atoms with E-state index in [1.165, 1.54) is 0 Å². The fraction of sp³-hybridized carbons (Fsp3) is 0.900. The van der Waals surface area contributed by atoms with Gasteiger partial charge in [0, 0.05) is 0 Å². The quantitative estimate of drug-likeness (QED) is 0.749. The average molecular weight is 222 g/mol. The molecule has 2 atom stereocenters. The Labute approximate surface area is 91.7 Å². The van der Waals surface area contributed by atoms with Crippen molar-refractivity contribution in [1.29, 1.82) is 0 Å². The van der Waals surface area contributed by atoms with Crippen LogP contribution in [-0.2, 0) is 4.79 Å². The molecule has 0 spiro atoms. The number of carboxylic acid groups (broad SMARTS) is 1. The van der Waals surface area contributed by atoms with Gasteiger partial charge in [0.25, 0.3) is 0 Å². The predicted octanol–water partition coefficient (Wildman–Crippen LogP) is 1.91. The number of halogens is 1. The van der Waals surface area contributed by atoms with Crippen molar-refractivity contribution in [3.05, 3.63) is 0 Å². The zero-order valence-corrected chi connectivity index (χ0v) is 9.86. The summed E-state index contributed by atoms with van der Waals surface area (Å²) in [5, 5.41) is 11.9. The van der Waals surface area contributed by atoms with Gasteiger partial charge in [0.15, 0.2) is 0 Å². The van der Waals surface area contributed by atoms with E-state index in [4.69, 9.17) is 5.11 Å². The molecule has 0 aromatic heterocycles. The van der Waals surface area contributed by atoms with E-state index in [1.807, 2.05) is 0 Å². The molecule has 0 bridgehead atoms. The maximum Gasteiger partial charge on any atom is 0.320 e. The van der Waals surface area contributed by atoms with E-state index in [0.29, 0.717) is 5.92 Å². The van der Waals surface area contributed by atoms with Gasteiger partial charge in [-0.3, -0.25) is 4.79 Å². The number of aliphatic carboxylic acids is 1. The van der Waals surface area contributed by atoms with Crippen LogP contribution < -0.4 is 5.32 Å². The van der Waals surface area contributed by atoms with E-state index in [9.17, 15) is 4.79 Å². The van der Waals surface area contributed by atoms with Crippen LogP contribution in [0.5, 0.6) is 0 Å². The highest BCUT2D eigenvalue weighted by molar-refractivity contribution is 5.85. The minimum Gasteiger partial charge on any atom is -0.480 e. The molecule has 0 saturated carbocycles. The van der Waals surface area contributed by atoms with Gasteiger partial charge in [-0.15, -0.1) is 12.4 Å². The molecule has 0 radical (unpaired) electrons. The van der Waals surface area contributed by atoms with E-state index in [-0.39, 0.29) is 23.9 Å². The van der Waals surface area contributed by atoms with Crippen LogP contribution in [0.15, 0.2) is 0 Å². The summed E-state index contributed by atoms with van der Waals surface area (Å²) in [5.74, 6) is -0.399. The average Bonchev–Trinajstić information content (AvgIpc) is 2.31. The van der Waals surface area contributed by atoms with Crippen molar-refractivity contribution in [3.8, 4) is 0 Å². The van der Waals surface area contributed by atoms with Crippen molar-refractivity contribution in [2.24, 2.45) is 11.3 Å². The van der Waals surface area contributed by atoms with E-state index >= 15 is 0 Å². The van der Waals surface area contributed by atoms with Gasteiger partial charge in [0.05, 0.1) is 0 Å². The molecule has 1 heterocycles. The van der Waals surface area contributed by atoms with Gasteiger partial charge in [-0.2, -0.15) is 0 Å². The minimum atomic E-state index is -0.702. The Hall–Kier alpha value is -0.280. The number of nitrogens with one attached hydrogen (secondary N) is 1. The van der Waals surface area contributed by atoms with E-state index in [1.54, 1.807) is 0 Å². The van der Waals surface area contributed by atoms with Crippen molar-refractivity contribution in [2.45, 2.75) is 39.7 Å². The first kappa shape index (κ1) is 13.7. The summed E-state index contributed by atoms with van der Waals surface area (Å²) in [5.41, 5.74) is 0.227. The van der Waals surface area contributed by atoms with Gasteiger partial charge in [0.1, 0.15) is 6.04 Å². The summed E-state index contributed by atoms with van der Waals surface area (Å²) < 4.78 is 0. The van der Waals surface area contributed by atoms with Crippen LogP contribution in [0.4, 0.5) is 0 Å². The fourth-order valence-electron chi connectivity index (χ4n) is 2.05. The first-order valence-electron chi connectivity index (χ1n) is 4.86. The molecule has 1 saturated heterocycles. The number of hydrogen-bond acceptors (Lipinski definition) is 2. The molecule has 0 aromatic rings. The summed E-state index contributed by atoms with van der Waals surface area (Å²) in [6.45, 7) is 7.32. The molecule has 1 aliphatic heterocycles. The topological polar surface area (TPSA) is 49.3 Å². The molecule has 4 heteroatoms. The van der Waals surface area contributed by atoms with Gasteiger partial charge < -0.3 is 10.4 Å². The normalized spacial score (nSPS) is 27.1. The lowest BCUT2D eigenvalue weighted by Crippen LogP contribution is -2.36. The smallest absolute Gasteiger partial charge is 0.320 e. The Morgan fingerprint density at radius 1 is 1.50 bits per heavy atom. The van der Waals surface area contributed by atoms with Crippen LogP contribution >= 0.6 is 12.4 Å². The summed E-state index contributed by atoms with van der Waals surface area (Å²) in [7, 11) is 0. The van der Waals surface area contributed by atoms with Crippen molar-refractivity contribution in [3.63, 3.8) is 0 Å². The Morgan fingerprint density at radius 3 is 2.50 bits per heavy atom. The van der Waals surface area contributed by atoms with Gasteiger partial charge in [-0.25, -0.2) is 0 Å². The van der Waals surface area contributed by atoms with Gasteiger partial charge in [-0.1, -0.05) is 20.8 Å². The maximum absolute atomic E-state index is 10.8. The molecule has 3 nitrogen and oxygen atoms in total. The third kappa shape index (κ3) is 3.84. The third-order valence-electron chi connectivity index (χ3n) is 2.49. The molecular formula is C10H20ClNO2. The molecule has 0 aromatic carbocycles. The van der Waals surface area contributed by atoms with Gasteiger partial charge in [-0.05, 0) is 30.7 Å². The second-order valence-electron chi connectivity index (χ2n) is 5.08. The summed E-state index contributed by atoms with van der Waals surface area (Å²) in [4.78, 5) is 10.8. The highest BCUT2D eigenvalue weighted by atomic mass is 35.5. The molecule has 0 amide bonds. The molecule has 1 fully saturated rings. The van der Waals surface area contributed by atoms with Gasteiger partial charge >= 0.3 is 5.97 Å². The minimum absolute atomic E-state index is 0. The monoisotopic (exact) mass is 221 g/mol. The van der Waals surface area contributed by atoms with Crippen molar-refractivity contribution >= 4 is 18.4 Å². The van der Waals surface area contributed by atoms with Crippen LogP contribution in [0.2, 0.25) is 0 Å². The lowest BCUT2D eigenvalue weighted by Gasteiger charge is -2.25. The van der Waals surface area contributed by atoms with Crippen molar-refractivity contribution < 1.29 is 9.90 Å². The van der Waals surface area contributed by atoms with Crippen LogP contribution in [-0.4, -0.2) is 23.7 Å². The number of rotatable bonds is 2. The zero-order chi connectivity index (χ0) is 10.1. The summed E-state index contributed by atoms with van der Waals surface area (Å²) in [6, 6.07) is -0.320. The molecule has 1 rings (SSSR count). The Balaban J connectivity index is 0.00000169. The van der Waals surface area contributed by atoms with E-state index in [2.05, 4.69) is 26.1 Å². The summed E-state index contributed by atoms with van der Waals surface area (Å²) >= 11 is 0. The number of carbonyl (C=O) groups is 1. The van der Waals surface area contributed by atoms with Crippen LogP contribution in [0.3, 0.4) is 0 Å². The fourth-order valence-corrected chi connectivity index (χ4v) is 2.05. The summed E-state index contributed by atoms with van der Waals surface area (Å²) in [6.07, 6.45) is 1.98. The van der Waals surface area contributed by atoms with Crippen LogP contribution in [0.25, 0.3) is 0 Å². The molecular weight excluding hydrogens is 202 g/mol. The van der Waals surface area contributed by atoms with Crippen molar-refractivity contribution in [1.82, 2.24) is 5.32 Å². The molecule has 2 N–H and O–H groups in total. The molecule has 0 unspecified atom stereocenters. The molecule has 1 aliphatic rings. The first-order chi connectivity index (χ1) is 5.90. The number of hydrogen-bond donors (Lipinski definition) is 2. The highest BCUT2D eigenvalue weighted by Crippen LogP contribution is 2.30. The first-order valence-corrected chi connectivity index (χ1v) is 4.86. The second-order valence-corrected chi connectivity index (χ2v) is 5.08. The van der Waals surface area contributed by atoms with Crippen LogP contribution in [0.1, 0.15) is 33.6 Å². The number of carboxylic acids is 1. The standard InChI is InChI=1S/C10H19NO2.ClH/c1-10(2,3)6-7-4-5-11-8(7)9(12)13;/h7-8,11H,4-6H2,1-3H3,(H,12,13);1H/t7-,8+;/m1./s1. The third-order valence-corrected chi connectivity index (χ3v) is 2.49. The molecule has 0 aliphatic carbocycles. The maximum atomic E-state index is 10.8. The molecule has 84 valence electrons. The Bertz CT molecular complexity index is 201.